The molecule has 3 aromatic heterocycles. The van der Waals surface area contributed by atoms with Gasteiger partial charge in [0, 0.05) is 23.7 Å². The summed E-state index contributed by atoms with van der Waals surface area (Å²) < 4.78 is 7.89. The molecule has 2 saturated heterocycles. The molecule has 0 aliphatic carbocycles. The van der Waals surface area contributed by atoms with Crippen molar-refractivity contribution in [3.8, 4) is 0 Å². The summed E-state index contributed by atoms with van der Waals surface area (Å²) in [5, 5.41) is 13.1. The highest BCUT2D eigenvalue weighted by molar-refractivity contribution is 7.20. The van der Waals surface area contributed by atoms with Crippen LogP contribution >= 0.6 is 11.3 Å². The maximum absolute atomic E-state index is 12.9. The quantitative estimate of drug-likeness (QED) is 0.429. The van der Waals surface area contributed by atoms with Crippen LogP contribution in [-0.2, 0) is 4.74 Å². The molecule has 1 atom stereocenters. The molecule has 0 spiro atoms. The van der Waals surface area contributed by atoms with Crippen LogP contribution in [0.3, 0.4) is 0 Å². The van der Waals surface area contributed by atoms with E-state index in [1.165, 1.54) is 17.7 Å². The summed E-state index contributed by atoms with van der Waals surface area (Å²) in [5.74, 6) is 0.652. The van der Waals surface area contributed by atoms with Crippen LogP contribution in [0.15, 0.2) is 36.8 Å². The molecule has 9 nitrogen and oxygen atoms in total. The molecule has 2 fully saturated rings. The van der Waals surface area contributed by atoms with E-state index >= 15 is 0 Å². The number of thiophene rings is 1. The third-order valence-corrected chi connectivity index (χ3v) is 7.94. The Labute approximate surface area is 207 Å². The number of piperidine rings is 1. The molecule has 6 rings (SSSR count). The lowest BCUT2D eigenvalue weighted by molar-refractivity contribution is -0.0366. The number of rotatable bonds is 5. The van der Waals surface area contributed by atoms with Crippen molar-refractivity contribution in [3.05, 3.63) is 41.7 Å². The molecule has 2 N–H and O–H groups in total. The van der Waals surface area contributed by atoms with E-state index in [4.69, 9.17) is 4.74 Å². The number of carbonyl (C=O) groups excluding carboxylic acids is 1. The number of aromatic nitrogens is 4. The van der Waals surface area contributed by atoms with Gasteiger partial charge in [-0.25, -0.2) is 14.6 Å². The molecular formula is C25H29N7O2S. The van der Waals surface area contributed by atoms with Crippen LogP contribution in [0.25, 0.3) is 21.1 Å². The summed E-state index contributed by atoms with van der Waals surface area (Å²) in [6.07, 6.45) is 8.64. The number of amides is 1. The highest BCUT2D eigenvalue weighted by atomic mass is 32.1. The molecule has 2 aliphatic rings. The normalized spacial score (nSPS) is 19.9. The Balaban J connectivity index is 1.21. The number of carbonyl (C=O) groups is 1. The lowest BCUT2D eigenvalue weighted by Gasteiger charge is -2.29. The third kappa shape index (κ3) is 4.61. The van der Waals surface area contributed by atoms with Gasteiger partial charge in [-0.3, -0.25) is 4.79 Å². The highest BCUT2D eigenvalue weighted by Crippen LogP contribution is 2.32. The number of hydrogen-bond acceptors (Lipinski definition) is 8. The fourth-order valence-corrected chi connectivity index (χ4v) is 5.79. The first-order chi connectivity index (χ1) is 17.1. The number of hydrogen-bond donors (Lipinski definition) is 2. The Kier molecular flexibility index (Phi) is 6.09. The topological polar surface area (TPSA) is 97.2 Å². The van der Waals surface area contributed by atoms with Gasteiger partial charge >= 0.3 is 0 Å². The molecule has 4 aromatic rings. The fraction of sp³-hybridized carbons (Fsp3) is 0.440. The van der Waals surface area contributed by atoms with Gasteiger partial charge in [0.25, 0.3) is 5.91 Å². The predicted molar refractivity (Wildman–Crippen MR) is 137 cm³/mol. The van der Waals surface area contributed by atoms with Crippen molar-refractivity contribution < 1.29 is 9.53 Å². The van der Waals surface area contributed by atoms with Crippen LogP contribution in [-0.4, -0.2) is 63.3 Å². The maximum atomic E-state index is 12.9. The first-order valence-electron chi connectivity index (χ1n) is 12.2. The average Bonchev–Trinajstić information content (AvgIpc) is 3.51. The van der Waals surface area contributed by atoms with Crippen molar-refractivity contribution in [2.24, 2.45) is 0 Å². The minimum absolute atomic E-state index is 0.00596. The Morgan fingerprint density at radius 3 is 2.86 bits per heavy atom. The molecule has 1 amide bonds. The fourth-order valence-electron chi connectivity index (χ4n) is 4.89. The van der Waals surface area contributed by atoms with Gasteiger partial charge in [0.05, 0.1) is 22.0 Å². The summed E-state index contributed by atoms with van der Waals surface area (Å²) in [6.45, 7) is 2.80. The van der Waals surface area contributed by atoms with Gasteiger partial charge in [-0.15, -0.1) is 11.3 Å². The molecule has 10 heteroatoms. The summed E-state index contributed by atoms with van der Waals surface area (Å²) in [7, 11) is 2.12. The Bertz CT molecular complexity index is 1350. The third-order valence-electron chi connectivity index (χ3n) is 6.89. The van der Waals surface area contributed by atoms with Gasteiger partial charge < -0.3 is 20.3 Å². The number of nitrogens with zero attached hydrogens (tertiary/aromatic N) is 5. The van der Waals surface area contributed by atoms with Crippen LogP contribution in [0.2, 0.25) is 0 Å². The number of fused-ring (bicyclic) bond motifs is 2. The molecule has 182 valence electrons. The van der Waals surface area contributed by atoms with Gasteiger partial charge in [0.1, 0.15) is 17.0 Å². The number of nitrogens with one attached hydrogen (secondary N) is 2. The summed E-state index contributed by atoms with van der Waals surface area (Å²) in [6, 6.07) is 8.27. The first-order valence-corrected chi connectivity index (χ1v) is 13.1. The van der Waals surface area contributed by atoms with Gasteiger partial charge in [-0.05, 0) is 76.5 Å². The van der Waals surface area contributed by atoms with Gasteiger partial charge in [-0.2, -0.15) is 5.10 Å². The second-order valence-electron chi connectivity index (χ2n) is 9.41. The standard InChI is InChI=1S/C25H29N7O2S/c1-31-9-7-17(8-10-31)30-24(33)21-13-19-23(26-15-27-25(19)35-21)29-18-5-6-20-16(12-18)14-28-32(20)22-4-2-3-11-34-22/h5-6,12-15,17,22H,2-4,7-11H2,1H3,(H,30,33)(H,26,27,29). The van der Waals surface area contributed by atoms with Crippen LogP contribution in [0, 0.1) is 0 Å². The van der Waals surface area contributed by atoms with E-state index in [-0.39, 0.29) is 18.2 Å². The maximum Gasteiger partial charge on any atom is 0.261 e. The second kappa shape index (κ2) is 9.52. The summed E-state index contributed by atoms with van der Waals surface area (Å²) >= 11 is 1.40. The number of benzene rings is 1. The molecule has 2 aliphatic heterocycles. The van der Waals surface area contributed by atoms with Crippen LogP contribution in [0.4, 0.5) is 11.5 Å². The first kappa shape index (κ1) is 22.4. The van der Waals surface area contributed by atoms with Gasteiger partial charge in [0.15, 0.2) is 6.23 Å². The Morgan fingerprint density at radius 1 is 1.14 bits per heavy atom. The van der Waals surface area contributed by atoms with E-state index in [0.29, 0.717) is 10.7 Å². The van der Waals surface area contributed by atoms with E-state index in [1.54, 1.807) is 0 Å². The van der Waals surface area contributed by atoms with Gasteiger partial charge in [-0.1, -0.05) is 0 Å². The summed E-state index contributed by atoms with van der Waals surface area (Å²) in [5.41, 5.74) is 1.96. The van der Waals surface area contributed by atoms with Crippen molar-refractivity contribution in [1.82, 2.24) is 30.0 Å². The second-order valence-corrected chi connectivity index (χ2v) is 10.4. The zero-order valence-electron chi connectivity index (χ0n) is 19.7. The van der Waals surface area contributed by atoms with E-state index in [1.807, 2.05) is 23.0 Å². The van der Waals surface area contributed by atoms with E-state index in [0.717, 1.165) is 78.6 Å². The summed E-state index contributed by atoms with van der Waals surface area (Å²) in [4.78, 5) is 25.5. The molecular weight excluding hydrogens is 462 g/mol. The number of anilines is 2. The average molecular weight is 492 g/mol. The van der Waals surface area contributed by atoms with Crippen molar-refractivity contribution in [1.29, 1.82) is 0 Å². The molecule has 35 heavy (non-hydrogen) atoms. The van der Waals surface area contributed by atoms with Crippen molar-refractivity contribution in [2.45, 2.75) is 44.4 Å². The Hall–Kier alpha value is -3.08. The van der Waals surface area contributed by atoms with Crippen LogP contribution in [0.1, 0.15) is 48.0 Å². The zero-order chi connectivity index (χ0) is 23.8. The molecule has 0 saturated carbocycles. The lowest BCUT2D eigenvalue weighted by atomic mass is 10.1. The van der Waals surface area contributed by atoms with Gasteiger partial charge in [0.2, 0.25) is 0 Å². The van der Waals surface area contributed by atoms with Crippen LogP contribution in [0.5, 0.6) is 0 Å². The largest absolute Gasteiger partial charge is 0.356 e. The smallest absolute Gasteiger partial charge is 0.261 e. The highest BCUT2D eigenvalue weighted by Gasteiger charge is 2.22. The predicted octanol–water partition coefficient (Wildman–Crippen LogP) is 4.31. The molecule has 0 bridgehead atoms. The van der Waals surface area contributed by atoms with E-state index < -0.39 is 0 Å². The SMILES string of the molecule is CN1CCC(NC(=O)c2cc3c(Nc4ccc5c(cnn5C5CCCCO5)c4)ncnc3s2)CC1. The minimum atomic E-state index is -0.0349. The molecule has 1 unspecified atom stereocenters. The molecule has 1 aromatic carbocycles. The number of likely N-dealkylation sites (tertiary alicyclic amines) is 1. The molecule has 0 radical (unpaired) electrons. The molecule has 5 heterocycles. The van der Waals surface area contributed by atoms with Crippen molar-refractivity contribution in [3.63, 3.8) is 0 Å². The number of ether oxygens (including phenoxy) is 1. The lowest BCUT2D eigenvalue weighted by Crippen LogP contribution is -2.43. The van der Waals surface area contributed by atoms with Crippen molar-refractivity contribution >= 4 is 49.9 Å². The van der Waals surface area contributed by atoms with E-state index in [9.17, 15) is 4.79 Å². The monoisotopic (exact) mass is 491 g/mol. The van der Waals surface area contributed by atoms with Crippen LogP contribution < -0.4 is 10.6 Å². The van der Waals surface area contributed by atoms with Crippen molar-refractivity contribution in [2.75, 3.05) is 32.1 Å². The zero-order valence-corrected chi connectivity index (χ0v) is 20.6. The van der Waals surface area contributed by atoms with E-state index in [2.05, 4.69) is 49.8 Å². The Morgan fingerprint density at radius 2 is 2.03 bits per heavy atom. The minimum Gasteiger partial charge on any atom is -0.356 e.